The number of fused-ring (bicyclic) bond motifs is 3. The van der Waals surface area contributed by atoms with Crippen LogP contribution >= 0.6 is 0 Å². The molecule has 0 amide bonds. The van der Waals surface area contributed by atoms with Crippen LogP contribution in [-0.2, 0) is 19.8 Å². The van der Waals surface area contributed by atoms with Crippen molar-refractivity contribution in [1.29, 1.82) is 0 Å². The Balaban J connectivity index is 2.02. The number of hydrogen-bond acceptors (Lipinski definition) is 4. The van der Waals surface area contributed by atoms with Crippen LogP contribution in [0.1, 0.15) is 76.0 Å². The lowest BCUT2D eigenvalue weighted by Crippen LogP contribution is -2.25. The first-order chi connectivity index (χ1) is 14.5. The van der Waals surface area contributed by atoms with Gasteiger partial charge in [0.05, 0.1) is 12.1 Å². The van der Waals surface area contributed by atoms with Crippen LogP contribution in [-0.4, -0.2) is 18.5 Å². The first-order valence-corrected chi connectivity index (χ1v) is 10.9. The molecule has 2 atom stereocenters. The lowest BCUT2D eigenvalue weighted by Gasteiger charge is -2.32. The highest BCUT2D eigenvalue weighted by atomic mass is 16.7. The van der Waals surface area contributed by atoms with Gasteiger partial charge in [0.2, 0.25) is 0 Å². The highest BCUT2D eigenvalue weighted by Gasteiger charge is 2.41. The standard InChI is InChI=1S/C26H31NO3/c1-5-13-26(14-6-2)23-10-8-7-9-21(23)22-12-11-20(15-24(22)26)19(4)25(29)18(3)16-27-30-17-28/h7-12,15-19H,5-6,13-14H2,1-4H3/b27-16+. The number of carbonyl (C=O) groups excluding carboxylic acids is 2. The molecular weight excluding hydrogens is 374 g/mol. The van der Waals surface area contributed by atoms with Gasteiger partial charge in [-0.15, -0.1) is 0 Å². The summed E-state index contributed by atoms with van der Waals surface area (Å²) in [5, 5.41) is 3.53. The topological polar surface area (TPSA) is 55.7 Å². The molecule has 0 radical (unpaired) electrons. The van der Waals surface area contributed by atoms with E-state index in [0.29, 0.717) is 0 Å². The molecule has 1 aliphatic carbocycles. The Kier molecular flexibility index (Phi) is 6.86. The van der Waals surface area contributed by atoms with Crippen LogP contribution in [0.5, 0.6) is 0 Å². The molecule has 0 bridgehead atoms. The molecule has 0 heterocycles. The molecule has 3 rings (SSSR count). The summed E-state index contributed by atoms with van der Waals surface area (Å²) >= 11 is 0. The van der Waals surface area contributed by atoms with Gasteiger partial charge in [-0.2, -0.15) is 0 Å². The van der Waals surface area contributed by atoms with E-state index in [1.807, 2.05) is 6.92 Å². The Morgan fingerprint density at radius 2 is 1.70 bits per heavy atom. The fraction of sp³-hybridized carbons (Fsp3) is 0.423. The normalized spacial score (nSPS) is 16.0. The number of hydrogen-bond donors (Lipinski definition) is 0. The van der Waals surface area contributed by atoms with E-state index in [9.17, 15) is 9.59 Å². The average molecular weight is 406 g/mol. The molecule has 0 spiro atoms. The summed E-state index contributed by atoms with van der Waals surface area (Å²) in [5.74, 6) is -0.639. The Morgan fingerprint density at radius 1 is 1.03 bits per heavy atom. The van der Waals surface area contributed by atoms with E-state index in [2.05, 4.69) is 66.3 Å². The third kappa shape index (κ3) is 3.83. The summed E-state index contributed by atoms with van der Waals surface area (Å²) < 4.78 is 0. The molecule has 0 N–H and O–H groups in total. The average Bonchev–Trinajstić information content (AvgIpc) is 3.03. The van der Waals surface area contributed by atoms with E-state index in [0.717, 1.165) is 31.2 Å². The highest BCUT2D eigenvalue weighted by Crippen LogP contribution is 2.54. The molecule has 4 nitrogen and oxygen atoms in total. The molecule has 2 aromatic rings. The zero-order valence-corrected chi connectivity index (χ0v) is 18.4. The lowest BCUT2D eigenvalue weighted by atomic mass is 9.71. The maximum atomic E-state index is 12.9. The van der Waals surface area contributed by atoms with E-state index in [1.54, 1.807) is 6.92 Å². The first kappa shape index (κ1) is 21.9. The second kappa shape index (κ2) is 9.38. The van der Waals surface area contributed by atoms with Crippen molar-refractivity contribution in [3.8, 4) is 11.1 Å². The van der Waals surface area contributed by atoms with Gasteiger partial charge in [0, 0.05) is 11.3 Å². The van der Waals surface area contributed by atoms with Crippen molar-refractivity contribution in [2.45, 2.75) is 64.7 Å². The summed E-state index contributed by atoms with van der Waals surface area (Å²) in [7, 11) is 0. The monoisotopic (exact) mass is 405 g/mol. The second-order valence-corrected chi connectivity index (χ2v) is 8.30. The molecule has 2 unspecified atom stereocenters. The van der Waals surface area contributed by atoms with Crippen molar-refractivity contribution in [3.63, 3.8) is 0 Å². The van der Waals surface area contributed by atoms with Crippen molar-refractivity contribution in [1.82, 2.24) is 0 Å². The third-order valence-corrected chi connectivity index (χ3v) is 6.41. The summed E-state index contributed by atoms with van der Waals surface area (Å²) in [6.45, 7) is 8.46. The van der Waals surface area contributed by atoms with E-state index < -0.39 is 5.92 Å². The zero-order chi connectivity index (χ0) is 21.7. The molecule has 0 fully saturated rings. The number of rotatable bonds is 10. The molecule has 0 aromatic heterocycles. The van der Waals surface area contributed by atoms with Crippen LogP contribution in [0, 0.1) is 5.92 Å². The maximum absolute atomic E-state index is 12.9. The van der Waals surface area contributed by atoms with Gasteiger partial charge in [-0.05, 0) is 40.7 Å². The molecular formula is C26H31NO3. The Hall–Kier alpha value is -2.75. The minimum absolute atomic E-state index is 0.0130. The van der Waals surface area contributed by atoms with E-state index in [4.69, 9.17) is 0 Å². The number of Topliss-reactive ketones (excluding diaryl/α,β-unsaturated/α-hetero) is 1. The first-order valence-electron chi connectivity index (χ1n) is 10.9. The third-order valence-electron chi connectivity index (χ3n) is 6.41. The van der Waals surface area contributed by atoms with E-state index in [-0.39, 0.29) is 23.6 Å². The number of nitrogens with zero attached hydrogens (tertiary/aromatic N) is 1. The van der Waals surface area contributed by atoms with Gasteiger partial charge in [-0.25, -0.2) is 0 Å². The Bertz CT molecular complexity index is 941. The number of oxime groups is 1. The zero-order valence-electron chi connectivity index (χ0n) is 18.4. The summed E-state index contributed by atoms with van der Waals surface area (Å²) in [5.41, 5.74) is 6.44. The molecule has 2 aromatic carbocycles. The fourth-order valence-corrected chi connectivity index (χ4v) is 5.04. The van der Waals surface area contributed by atoms with Gasteiger partial charge in [0.25, 0.3) is 0 Å². The number of ketones is 1. The van der Waals surface area contributed by atoms with Gasteiger partial charge < -0.3 is 4.84 Å². The van der Waals surface area contributed by atoms with Crippen molar-refractivity contribution < 1.29 is 14.4 Å². The fourth-order valence-electron chi connectivity index (χ4n) is 5.04. The van der Waals surface area contributed by atoms with Crippen LogP contribution in [0.3, 0.4) is 0 Å². The summed E-state index contributed by atoms with van der Waals surface area (Å²) in [6.07, 6.45) is 5.80. The van der Waals surface area contributed by atoms with Gasteiger partial charge >= 0.3 is 6.47 Å². The summed E-state index contributed by atoms with van der Waals surface area (Å²) in [6, 6.07) is 15.3. The minimum Gasteiger partial charge on any atom is -0.322 e. The van der Waals surface area contributed by atoms with Gasteiger partial charge in [-0.3, -0.25) is 9.59 Å². The molecule has 0 saturated heterocycles. The molecule has 30 heavy (non-hydrogen) atoms. The van der Waals surface area contributed by atoms with Crippen molar-refractivity contribution in [2.75, 3.05) is 0 Å². The quantitative estimate of drug-likeness (QED) is 0.210. The van der Waals surface area contributed by atoms with Crippen molar-refractivity contribution in [2.24, 2.45) is 11.1 Å². The largest absolute Gasteiger partial charge is 0.323 e. The molecule has 4 heteroatoms. The molecule has 158 valence electrons. The Morgan fingerprint density at radius 3 is 2.37 bits per heavy atom. The SMILES string of the molecule is CCCC1(CCC)c2ccccc2-c2ccc(C(C)C(=O)C(C)/C=N/OC=O)cc21. The van der Waals surface area contributed by atoms with Crippen LogP contribution in [0.4, 0.5) is 0 Å². The van der Waals surface area contributed by atoms with Crippen molar-refractivity contribution in [3.05, 3.63) is 59.2 Å². The Labute approximate surface area is 179 Å². The summed E-state index contributed by atoms with van der Waals surface area (Å²) in [4.78, 5) is 27.5. The van der Waals surface area contributed by atoms with E-state index in [1.165, 1.54) is 28.5 Å². The maximum Gasteiger partial charge on any atom is 0.323 e. The number of carbonyl (C=O) groups is 2. The lowest BCUT2D eigenvalue weighted by molar-refractivity contribution is -0.129. The van der Waals surface area contributed by atoms with Crippen LogP contribution in [0.15, 0.2) is 47.6 Å². The van der Waals surface area contributed by atoms with Crippen LogP contribution in [0.2, 0.25) is 0 Å². The minimum atomic E-state index is -0.429. The predicted octanol–water partition coefficient (Wildman–Crippen LogP) is 6.02. The number of benzene rings is 2. The molecule has 0 aliphatic heterocycles. The van der Waals surface area contributed by atoms with Crippen molar-refractivity contribution >= 4 is 18.5 Å². The highest BCUT2D eigenvalue weighted by molar-refractivity contribution is 5.98. The molecule has 0 saturated carbocycles. The van der Waals surface area contributed by atoms with Gasteiger partial charge in [-0.1, -0.05) is 88.2 Å². The van der Waals surface area contributed by atoms with Crippen LogP contribution < -0.4 is 0 Å². The van der Waals surface area contributed by atoms with E-state index >= 15 is 0 Å². The predicted molar refractivity (Wildman–Crippen MR) is 121 cm³/mol. The van der Waals surface area contributed by atoms with Gasteiger partial charge in [0.15, 0.2) is 0 Å². The second-order valence-electron chi connectivity index (χ2n) is 8.30. The van der Waals surface area contributed by atoms with Crippen LogP contribution in [0.25, 0.3) is 11.1 Å². The smallest absolute Gasteiger partial charge is 0.322 e. The molecule has 1 aliphatic rings. The van der Waals surface area contributed by atoms with Gasteiger partial charge in [0.1, 0.15) is 5.78 Å².